The summed E-state index contributed by atoms with van der Waals surface area (Å²) in [5, 5.41) is 7.60. The normalized spacial score (nSPS) is 10.0. The van der Waals surface area contributed by atoms with Gasteiger partial charge in [-0.25, -0.2) is 0 Å². The van der Waals surface area contributed by atoms with Gasteiger partial charge in [-0.15, -0.1) is 5.10 Å². The van der Waals surface area contributed by atoms with E-state index in [9.17, 15) is 0 Å². The molecule has 1 aromatic rings. The zero-order valence-corrected chi connectivity index (χ0v) is 7.99. The molecule has 0 bridgehead atoms. The van der Waals surface area contributed by atoms with E-state index >= 15 is 0 Å². The van der Waals surface area contributed by atoms with Gasteiger partial charge in [-0.3, -0.25) is 0 Å². The number of aryl methyl sites for hydroxylation is 1. The van der Waals surface area contributed by atoms with Crippen LogP contribution >= 0.6 is 0 Å². The predicted molar refractivity (Wildman–Crippen MR) is 48.8 cm³/mol. The molecule has 0 spiro atoms. The number of ether oxygens (including phenoxy) is 2. The van der Waals surface area contributed by atoms with Crippen LogP contribution in [-0.2, 0) is 4.74 Å². The predicted octanol–water partition coefficient (Wildman–Crippen LogP) is 1.20. The molecule has 0 saturated heterocycles. The number of hydrogen-bond donors (Lipinski definition) is 0. The van der Waals surface area contributed by atoms with Crippen LogP contribution in [0.2, 0.25) is 0 Å². The maximum Gasteiger partial charge on any atom is 0.236 e. The molecule has 0 atom stereocenters. The summed E-state index contributed by atoms with van der Waals surface area (Å²) in [6.07, 6.45) is 2.52. The number of methoxy groups -OCH3 is 1. The summed E-state index contributed by atoms with van der Waals surface area (Å²) in [6.45, 7) is 3.27. The second kappa shape index (κ2) is 5.48. The lowest BCUT2D eigenvalue weighted by Crippen LogP contribution is -2.04. The van der Waals surface area contributed by atoms with Gasteiger partial charge in [0.2, 0.25) is 5.88 Å². The fourth-order valence-electron chi connectivity index (χ4n) is 0.896. The number of rotatable bonds is 5. The van der Waals surface area contributed by atoms with E-state index in [1.807, 2.05) is 13.0 Å². The van der Waals surface area contributed by atoms with Gasteiger partial charge in [0.15, 0.2) is 0 Å². The van der Waals surface area contributed by atoms with Crippen LogP contribution in [0.25, 0.3) is 0 Å². The van der Waals surface area contributed by atoms with Gasteiger partial charge in [-0.1, -0.05) is 0 Å². The van der Waals surface area contributed by atoms with E-state index in [1.54, 1.807) is 13.3 Å². The number of hydrogen-bond acceptors (Lipinski definition) is 4. The van der Waals surface area contributed by atoms with Crippen LogP contribution in [0.5, 0.6) is 5.88 Å². The van der Waals surface area contributed by atoms with Crippen molar-refractivity contribution in [3.63, 3.8) is 0 Å². The lowest BCUT2D eigenvalue weighted by Gasteiger charge is -2.05. The molecule has 0 amide bonds. The van der Waals surface area contributed by atoms with Gasteiger partial charge < -0.3 is 9.47 Å². The summed E-state index contributed by atoms with van der Waals surface area (Å²) in [5.41, 5.74) is 1.01. The first kappa shape index (κ1) is 9.92. The minimum Gasteiger partial charge on any atom is -0.476 e. The molecule has 1 heterocycles. The standard InChI is InChI=1S/C9H14N2O2/c1-8-4-5-10-11-9(8)13-7-3-6-12-2/h4-5H,3,6-7H2,1-2H3. The van der Waals surface area contributed by atoms with Crippen molar-refractivity contribution in [3.8, 4) is 5.88 Å². The Morgan fingerprint density at radius 1 is 1.38 bits per heavy atom. The quantitative estimate of drug-likeness (QED) is 0.642. The molecule has 0 unspecified atom stereocenters. The molecule has 72 valence electrons. The Balaban J connectivity index is 2.32. The highest BCUT2D eigenvalue weighted by atomic mass is 16.5. The van der Waals surface area contributed by atoms with Crippen LogP contribution in [0.3, 0.4) is 0 Å². The Hall–Kier alpha value is -1.16. The van der Waals surface area contributed by atoms with Crippen molar-refractivity contribution in [1.82, 2.24) is 10.2 Å². The monoisotopic (exact) mass is 182 g/mol. The largest absolute Gasteiger partial charge is 0.476 e. The molecule has 13 heavy (non-hydrogen) atoms. The first-order chi connectivity index (χ1) is 6.34. The summed E-state index contributed by atoms with van der Waals surface area (Å²) >= 11 is 0. The number of nitrogens with zero attached hydrogens (tertiary/aromatic N) is 2. The third-order valence-electron chi connectivity index (χ3n) is 1.61. The highest BCUT2D eigenvalue weighted by Gasteiger charge is 1.99. The van der Waals surface area contributed by atoms with E-state index in [0.29, 0.717) is 19.1 Å². The molecular formula is C9H14N2O2. The SMILES string of the molecule is COCCCOc1nnccc1C. The highest BCUT2D eigenvalue weighted by Crippen LogP contribution is 2.10. The van der Waals surface area contributed by atoms with Crippen molar-refractivity contribution < 1.29 is 9.47 Å². The molecule has 0 fully saturated rings. The summed E-state index contributed by atoms with van der Waals surface area (Å²) in [7, 11) is 1.67. The van der Waals surface area contributed by atoms with Crippen molar-refractivity contribution in [3.05, 3.63) is 17.8 Å². The fourth-order valence-corrected chi connectivity index (χ4v) is 0.896. The Kier molecular flexibility index (Phi) is 4.18. The Bertz CT molecular complexity index is 253. The summed E-state index contributed by atoms with van der Waals surface area (Å²) in [4.78, 5) is 0. The molecule has 1 rings (SSSR count). The Morgan fingerprint density at radius 3 is 2.92 bits per heavy atom. The first-order valence-corrected chi connectivity index (χ1v) is 4.24. The third kappa shape index (κ3) is 3.38. The molecule has 0 aliphatic rings. The first-order valence-electron chi connectivity index (χ1n) is 4.24. The van der Waals surface area contributed by atoms with Gasteiger partial charge in [-0.05, 0) is 13.0 Å². The van der Waals surface area contributed by atoms with Gasteiger partial charge in [0, 0.05) is 25.7 Å². The van der Waals surface area contributed by atoms with Crippen LogP contribution in [0.4, 0.5) is 0 Å². The molecule has 0 aliphatic carbocycles. The maximum absolute atomic E-state index is 5.39. The van der Waals surface area contributed by atoms with Crippen molar-refractivity contribution in [1.29, 1.82) is 0 Å². The Labute approximate surface area is 77.9 Å². The molecular weight excluding hydrogens is 168 g/mol. The molecule has 4 nitrogen and oxygen atoms in total. The van der Waals surface area contributed by atoms with E-state index in [2.05, 4.69) is 10.2 Å². The van der Waals surface area contributed by atoms with Gasteiger partial charge in [0.25, 0.3) is 0 Å². The summed E-state index contributed by atoms with van der Waals surface area (Å²) in [6, 6.07) is 1.87. The Morgan fingerprint density at radius 2 is 2.23 bits per heavy atom. The molecule has 0 radical (unpaired) electrons. The zero-order chi connectivity index (χ0) is 9.52. The van der Waals surface area contributed by atoms with Crippen LogP contribution in [0.15, 0.2) is 12.3 Å². The average molecular weight is 182 g/mol. The van der Waals surface area contributed by atoms with E-state index in [0.717, 1.165) is 12.0 Å². The minimum absolute atomic E-state index is 0.610. The van der Waals surface area contributed by atoms with Crippen LogP contribution in [-0.4, -0.2) is 30.5 Å². The third-order valence-corrected chi connectivity index (χ3v) is 1.61. The van der Waals surface area contributed by atoms with Crippen molar-refractivity contribution in [2.24, 2.45) is 0 Å². The van der Waals surface area contributed by atoms with E-state index in [1.165, 1.54) is 0 Å². The van der Waals surface area contributed by atoms with Crippen molar-refractivity contribution in [2.75, 3.05) is 20.3 Å². The highest BCUT2D eigenvalue weighted by molar-refractivity contribution is 5.20. The van der Waals surface area contributed by atoms with Gasteiger partial charge in [0.05, 0.1) is 12.8 Å². The minimum atomic E-state index is 0.610. The molecule has 1 aromatic heterocycles. The van der Waals surface area contributed by atoms with E-state index in [-0.39, 0.29) is 0 Å². The smallest absolute Gasteiger partial charge is 0.236 e. The van der Waals surface area contributed by atoms with Crippen molar-refractivity contribution in [2.45, 2.75) is 13.3 Å². The fraction of sp³-hybridized carbons (Fsp3) is 0.556. The molecule has 0 N–H and O–H groups in total. The maximum atomic E-state index is 5.39. The lowest BCUT2D eigenvalue weighted by molar-refractivity contribution is 0.170. The van der Waals surface area contributed by atoms with Crippen LogP contribution in [0, 0.1) is 6.92 Å². The molecule has 0 aliphatic heterocycles. The summed E-state index contributed by atoms with van der Waals surface area (Å²) < 4.78 is 10.3. The number of aromatic nitrogens is 2. The van der Waals surface area contributed by atoms with Crippen LogP contribution < -0.4 is 4.74 Å². The molecule has 0 aromatic carbocycles. The zero-order valence-electron chi connectivity index (χ0n) is 7.99. The van der Waals surface area contributed by atoms with E-state index in [4.69, 9.17) is 9.47 Å². The second-order valence-corrected chi connectivity index (χ2v) is 2.71. The molecule has 4 heteroatoms. The van der Waals surface area contributed by atoms with Gasteiger partial charge in [-0.2, -0.15) is 5.10 Å². The second-order valence-electron chi connectivity index (χ2n) is 2.71. The lowest BCUT2D eigenvalue weighted by atomic mass is 10.3. The average Bonchev–Trinajstić information content (AvgIpc) is 2.15. The van der Waals surface area contributed by atoms with Crippen LogP contribution in [0.1, 0.15) is 12.0 Å². The summed E-state index contributed by atoms with van der Waals surface area (Å²) in [5.74, 6) is 0.610. The van der Waals surface area contributed by atoms with Gasteiger partial charge >= 0.3 is 0 Å². The van der Waals surface area contributed by atoms with Crippen molar-refractivity contribution >= 4 is 0 Å². The van der Waals surface area contributed by atoms with E-state index < -0.39 is 0 Å². The molecule has 0 saturated carbocycles. The topological polar surface area (TPSA) is 44.2 Å². The van der Waals surface area contributed by atoms with Gasteiger partial charge in [0.1, 0.15) is 0 Å².